The Labute approximate surface area is 158 Å². The summed E-state index contributed by atoms with van der Waals surface area (Å²) in [5, 5.41) is 4.19. The molecule has 0 aromatic heterocycles. The van der Waals surface area contributed by atoms with Gasteiger partial charge in [0.25, 0.3) is 0 Å². The van der Waals surface area contributed by atoms with Crippen molar-refractivity contribution in [2.45, 2.75) is 0 Å². The van der Waals surface area contributed by atoms with E-state index in [-0.39, 0.29) is 44.4 Å². The molecule has 0 amide bonds. The maximum atomic E-state index is 2.23. The van der Waals surface area contributed by atoms with Crippen molar-refractivity contribution >= 4 is 47.8 Å². The Balaban J connectivity index is 0.00000110. The molecule has 0 saturated carbocycles. The van der Waals surface area contributed by atoms with Gasteiger partial charge in [0.05, 0.1) is 0 Å². The minimum Gasteiger partial charge on any atom is -0.107 e. The van der Waals surface area contributed by atoms with Crippen LogP contribution >= 0.6 is 31.9 Å². The van der Waals surface area contributed by atoms with Crippen LogP contribution in [0.15, 0.2) is 91.0 Å². The number of rotatable bonds is 3. The summed E-state index contributed by atoms with van der Waals surface area (Å²) in [7, 11) is -0.446. The van der Waals surface area contributed by atoms with Crippen LogP contribution in [0, 0.1) is 0 Å². The van der Waals surface area contributed by atoms with E-state index in [2.05, 4.69) is 91.0 Å². The van der Waals surface area contributed by atoms with Crippen molar-refractivity contribution in [1.29, 1.82) is 0 Å². The second-order valence-corrected chi connectivity index (χ2v) is 6.56. The molecule has 0 heterocycles. The molecule has 107 valence electrons. The van der Waals surface area contributed by atoms with Crippen molar-refractivity contribution in [1.82, 2.24) is 0 Å². The Bertz CT molecular complexity index is 535. The molecule has 0 aliphatic heterocycles. The molecule has 3 heteroatoms. The van der Waals surface area contributed by atoms with Gasteiger partial charge in [-0.1, -0.05) is 91.0 Å². The molecule has 21 heavy (non-hydrogen) atoms. The first kappa shape index (κ1) is 18.5. The molecule has 0 nitrogen and oxygen atoms in total. The van der Waals surface area contributed by atoms with Crippen molar-refractivity contribution in [3.05, 3.63) is 91.0 Å². The molecule has 0 fully saturated rings. The summed E-state index contributed by atoms with van der Waals surface area (Å²) in [6.07, 6.45) is 0. The van der Waals surface area contributed by atoms with Gasteiger partial charge in [-0.15, -0.1) is 24.0 Å². The van der Waals surface area contributed by atoms with Crippen LogP contribution in [0.3, 0.4) is 0 Å². The van der Waals surface area contributed by atoms with Gasteiger partial charge >= 0.3 is 0 Å². The third kappa shape index (κ3) is 4.73. The van der Waals surface area contributed by atoms with Gasteiger partial charge in [0.1, 0.15) is 0 Å². The average molecular weight is 576 g/mol. The van der Waals surface area contributed by atoms with E-state index in [0.717, 1.165) is 0 Å². The topological polar surface area (TPSA) is 0 Å². The van der Waals surface area contributed by atoms with Crippen LogP contribution in [0.1, 0.15) is 0 Å². The summed E-state index contributed by atoms with van der Waals surface area (Å²) in [5.74, 6) is 0. The number of benzene rings is 3. The molecule has 0 atom stereocenters. The van der Waals surface area contributed by atoms with E-state index in [1.54, 1.807) is 0 Å². The second kappa shape index (κ2) is 9.49. The van der Waals surface area contributed by atoms with E-state index >= 15 is 0 Å². The molecular weight excluding hydrogens is 560 g/mol. The number of hydrogen-bond acceptors (Lipinski definition) is 0. The summed E-state index contributed by atoms with van der Waals surface area (Å²) in [4.78, 5) is 0. The standard InChI is InChI=1S/C18H15P.HI.Re/c1-4-10-16(11-5-1)19(17-12-6-2-7-13-17)18-14-8-3-9-15-18;;/h1-15H;1H;. The molecule has 0 saturated heterocycles. The monoisotopic (exact) mass is 577 g/mol. The van der Waals surface area contributed by atoms with E-state index < -0.39 is 7.92 Å². The first-order valence-electron chi connectivity index (χ1n) is 6.40. The average Bonchev–Trinajstić information content (AvgIpc) is 2.51. The van der Waals surface area contributed by atoms with Crippen molar-refractivity contribution in [3.63, 3.8) is 0 Å². The Morgan fingerprint density at radius 3 is 0.905 bits per heavy atom. The SMILES string of the molecule is I.[Re].c1ccc(P(c2ccccc2)c2ccccc2)cc1. The van der Waals surface area contributed by atoms with Crippen LogP contribution in [-0.4, -0.2) is 0 Å². The maximum absolute atomic E-state index is 2.23. The molecule has 3 rings (SSSR count). The van der Waals surface area contributed by atoms with E-state index in [1.807, 2.05) is 0 Å². The first-order valence-corrected chi connectivity index (χ1v) is 7.74. The zero-order valence-electron chi connectivity index (χ0n) is 11.4. The number of halogens is 1. The minimum atomic E-state index is -0.446. The van der Waals surface area contributed by atoms with E-state index in [9.17, 15) is 0 Å². The quantitative estimate of drug-likeness (QED) is 0.326. The van der Waals surface area contributed by atoms with Gasteiger partial charge < -0.3 is 0 Å². The predicted molar refractivity (Wildman–Crippen MR) is 101 cm³/mol. The molecule has 1 radical (unpaired) electrons. The van der Waals surface area contributed by atoms with Gasteiger partial charge in [0.2, 0.25) is 0 Å². The molecule has 0 unspecified atom stereocenters. The van der Waals surface area contributed by atoms with Gasteiger partial charge in [-0.05, 0) is 23.8 Å². The fourth-order valence-corrected chi connectivity index (χ4v) is 4.48. The molecule has 0 aliphatic rings. The third-order valence-corrected chi connectivity index (χ3v) is 5.49. The fourth-order valence-electron chi connectivity index (χ4n) is 2.18. The van der Waals surface area contributed by atoms with Gasteiger partial charge in [-0.25, -0.2) is 0 Å². The van der Waals surface area contributed by atoms with Crippen molar-refractivity contribution in [2.24, 2.45) is 0 Å². The van der Waals surface area contributed by atoms with Crippen LogP contribution in [-0.2, 0) is 20.4 Å². The minimum absolute atomic E-state index is 0. The van der Waals surface area contributed by atoms with Gasteiger partial charge in [-0.2, -0.15) is 0 Å². The summed E-state index contributed by atoms with van der Waals surface area (Å²) in [6.45, 7) is 0. The summed E-state index contributed by atoms with van der Waals surface area (Å²) in [6, 6.07) is 32.3. The van der Waals surface area contributed by atoms with Crippen molar-refractivity contribution < 1.29 is 20.4 Å². The van der Waals surface area contributed by atoms with Crippen LogP contribution in [0.2, 0.25) is 0 Å². The Hall–Kier alpha value is -0.518. The maximum Gasteiger partial charge on any atom is 0 e. The molecular formula is C18H16IPRe. The summed E-state index contributed by atoms with van der Waals surface area (Å²) in [5.41, 5.74) is 0. The Morgan fingerprint density at radius 2 is 0.667 bits per heavy atom. The molecule has 3 aromatic rings. The molecule has 0 spiro atoms. The fraction of sp³-hybridized carbons (Fsp3) is 0. The largest absolute Gasteiger partial charge is 0.107 e. The predicted octanol–water partition coefficient (Wildman–Crippen LogP) is 4.06. The summed E-state index contributed by atoms with van der Waals surface area (Å²) < 4.78 is 0. The second-order valence-electron chi connectivity index (χ2n) is 4.34. The first-order chi connectivity index (χ1) is 9.45. The Morgan fingerprint density at radius 1 is 0.429 bits per heavy atom. The zero-order chi connectivity index (χ0) is 12.9. The van der Waals surface area contributed by atoms with Gasteiger partial charge in [0, 0.05) is 20.4 Å². The van der Waals surface area contributed by atoms with Crippen LogP contribution in [0.25, 0.3) is 0 Å². The molecule has 0 bridgehead atoms. The molecule has 0 aliphatic carbocycles. The van der Waals surface area contributed by atoms with Gasteiger partial charge in [0.15, 0.2) is 0 Å². The van der Waals surface area contributed by atoms with Crippen LogP contribution in [0.5, 0.6) is 0 Å². The van der Waals surface area contributed by atoms with Crippen LogP contribution in [0.4, 0.5) is 0 Å². The van der Waals surface area contributed by atoms with Crippen molar-refractivity contribution in [2.75, 3.05) is 0 Å². The van der Waals surface area contributed by atoms with Gasteiger partial charge in [-0.3, -0.25) is 0 Å². The van der Waals surface area contributed by atoms with E-state index in [1.165, 1.54) is 15.9 Å². The third-order valence-electron chi connectivity index (χ3n) is 3.04. The Kier molecular flexibility index (Phi) is 8.37. The van der Waals surface area contributed by atoms with Crippen molar-refractivity contribution in [3.8, 4) is 0 Å². The van der Waals surface area contributed by atoms with E-state index in [0.29, 0.717) is 0 Å². The molecule has 3 aromatic carbocycles. The number of hydrogen-bond donors (Lipinski definition) is 0. The molecule has 0 N–H and O–H groups in total. The van der Waals surface area contributed by atoms with E-state index in [4.69, 9.17) is 0 Å². The van der Waals surface area contributed by atoms with Crippen LogP contribution < -0.4 is 15.9 Å². The zero-order valence-corrected chi connectivity index (χ0v) is 17.3. The summed E-state index contributed by atoms with van der Waals surface area (Å²) >= 11 is 0. The normalized spacial score (nSPS) is 9.57. The smallest absolute Gasteiger partial charge is 0 e.